The average molecular weight is 418 g/mol. The minimum atomic E-state index is -1.13. The molecule has 0 aliphatic carbocycles. The summed E-state index contributed by atoms with van der Waals surface area (Å²) in [6.07, 6.45) is 2.16. The number of imide groups is 1. The first-order valence-corrected chi connectivity index (χ1v) is 8.18. The number of benzene rings is 1. The van der Waals surface area contributed by atoms with Crippen LogP contribution < -0.4 is 10.1 Å². The van der Waals surface area contributed by atoms with Crippen LogP contribution in [0.5, 0.6) is 5.75 Å². The first-order valence-electron chi connectivity index (χ1n) is 7.01. The van der Waals surface area contributed by atoms with Crippen molar-refractivity contribution < 1.29 is 24.2 Å². The van der Waals surface area contributed by atoms with E-state index in [1.165, 1.54) is 12.1 Å². The van der Waals surface area contributed by atoms with Crippen LogP contribution in [0.4, 0.5) is 4.79 Å². The van der Waals surface area contributed by atoms with Crippen molar-refractivity contribution in [3.05, 3.63) is 32.9 Å². The highest BCUT2D eigenvalue weighted by Crippen LogP contribution is 2.35. The van der Waals surface area contributed by atoms with Crippen LogP contribution >= 0.6 is 27.5 Å². The number of hydrogen-bond acceptors (Lipinski definition) is 4. The Bertz CT molecular complexity index is 712. The first kappa shape index (κ1) is 18.3. The van der Waals surface area contributed by atoms with E-state index in [-0.39, 0.29) is 16.5 Å². The van der Waals surface area contributed by atoms with Gasteiger partial charge < -0.3 is 15.2 Å². The lowest BCUT2D eigenvalue weighted by Gasteiger charge is -2.10. The molecule has 1 saturated heterocycles. The fourth-order valence-corrected chi connectivity index (χ4v) is 3.09. The van der Waals surface area contributed by atoms with Crippen LogP contribution in [0.3, 0.4) is 0 Å². The number of nitrogens with one attached hydrogen (secondary N) is 1. The van der Waals surface area contributed by atoms with E-state index in [1.807, 2.05) is 6.92 Å². The van der Waals surface area contributed by atoms with Gasteiger partial charge in [0.05, 0.1) is 9.50 Å². The molecule has 0 spiro atoms. The number of carboxylic acids is 1. The number of carbonyl (C=O) groups is 3. The number of carboxylic acid groups (broad SMARTS) is 1. The van der Waals surface area contributed by atoms with Gasteiger partial charge in [0.2, 0.25) is 0 Å². The second kappa shape index (κ2) is 7.67. The summed E-state index contributed by atoms with van der Waals surface area (Å²) in [7, 11) is 0. The Labute approximate surface area is 151 Å². The zero-order valence-electron chi connectivity index (χ0n) is 12.6. The molecule has 0 aromatic heterocycles. The molecule has 2 N–H and O–H groups in total. The van der Waals surface area contributed by atoms with Crippen LogP contribution in [0.2, 0.25) is 5.02 Å². The number of aliphatic carboxylic acids is 1. The van der Waals surface area contributed by atoms with E-state index in [9.17, 15) is 14.4 Å². The van der Waals surface area contributed by atoms with E-state index in [0.29, 0.717) is 23.0 Å². The van der Waals surface area contributed by atoms with Gasteiger partial charge in [-0.2, -0.15) is 0 Å². The number of hydrogen-bond donors (Lipinski definition) is 2. The number of rotatable bonds is 6. The van der Waals surface area contributed by atoms with Crippen molar-refractivity contribution in [1.29, 1.82) is 0 Å². The monoisotopic (exact) mass is 416 g/mol. The molecule has 9 heteroatoms. The third-order valence-corrected chi connectivity index (χ3v) is 3.95. The SMILES string of the molecule is CCCN1C(=O)N/C(=C/c2cc(Cl)c(OCC(=O)O)c(Br)c2)C1=O. The number of halogens is 2. The quantitative estimate of drug-likeness (QED) is 0.548. The molecule has 7 nitrogen and oxygen atoms in total. The highest BCUT2D eigenvalue weighted by Gasteiger charge is 2.32. The van der Waals surface area contributed by atoms with Gasteiger partial charge in [0.1, 0.15) is 5.70 Å². The summed E-state index contributed by atoms with van der Waals surface area (Å²) in [5.74, 6) is -1.34. The van der Waals surface area contributed by atoms with E-state index in [0.717, 1.165) is 4.90 Å². The van der Waals surface area contributed by atoms with Crippen LogP contribution in [-0.2, 0) is 9.59 Å². The summed E-state index contributed by atoms with van der Waals surface area (Å²) in [5, 5.41) is 11.3. The van der Waals surface area contributed by atoms with Crippen molar-refractivity contribution in [1.82, 2.24) is 10.2 Å². The molecule has 128 valence electrons. The predicted molar refractivity (Wildman–Crippen MR) is 90.8 cm³/mol. The molecule has 3 amide bonds. The van der Waals surface area contributed by atoms with Crippen molar-refractivity contribution in [2.24, 2.45) is 0 Å². The first-order chi connectivity index (χ1) is 11.3. The van der Waals surface area contributed by atoms with E-state index in [4.69, 9.17) is 21.4 Å². The van der Waals surface area contributed by atoms with E-state index in [1.54, 1.807) is 6.07 Å². The molecule has 24 heavy (non-hydrogen) atoms. The maximum absolute atomic E-state index is 12.2. The van der Waals surface area contributed by atoms with Crippen molar-refractivity contribution in [2.45, 2.75) is 13.3 Å². The number of amides is 3. The summed E-state index contributed by atoms with van der Waals surface area (Å²) < 4.78 is 5.53. The lowest BCUT2D eigenvalue weighted by atomic mass is 10.2. The standard InChI is InChI=1S/C15H14BrClN2O5/c1-2-3-19-14(22)11(18-15(19)23)6-8-4-9(16)13(10(17)5-8)24-7-12(20)21/h4-6H,2-3,7H2,1H3,(H,18,23)(H,20,21)/b11-6+. The molecule has 0 saturated carbocycles. The van der Waals surface area contributed by atoms with Crippen molar-refractivity contribution in [3.63, 3.8) is 0 Å². The summed E-state index contributed by atoms with van der Waals surface area (Å²) in [4.78, 5) is 35.6. The van der Waals surface area contributed by atoms with E-state index >= 15 is 0 Å². The summed E-state index contributed by atoms with van der Waals surface area (Å²) in [5.41, 5.74) is 0.701. The van der Waals surface area contributed by atoms with Crippen molar-refractivity contribution in [3.8, 4) is 5.75 Å². The largest absolute Gasteiger partial charge is 0.479 e. The Balaban J connectivity index is 2.26. The predicted octanol–water partition coefficient (Wildman–Crippen LogP) is 2.87. The number of urea groups is 1. The fraction of sp³-hybridized carbons (Fsp3) is 0.267. The highest BCUT2D eigenvalue weighted by atomic mass is 79.9. The van der Waals surface area contributed by atoms with Gasteiger partial charge in [0.15, 0.2) is 12.4 Å². The molecule has 1 aliphatic heterocycles. The fourth-order valence-electron chi connectivity index (χ4n) is 2.10. The molecule has 1 heterocycles. The molecule has 1 fully saturated rings. The Morgan fingerprint density at radius 2 is 2.17 bits per heavy atom. The van der Waals surface area contributed by atoms with Gasteiger partial charge in [0.25, 0.3) is 5.91 Å². The minimum Gasteiger partial charge on any atom is -0.479 e. The number of carbonyl (C=O) groups excluding carboxylic acids is 2. The molecule has 1 aliphatic rings. The molecule has 0 atom stereocenters. The zero-order chi connectivity index (χ0) is 17.9. The zero-order valence-corrected chi connectivity index (χ0v) is 15.0. The summed E-state index contributed by atoms with van der Waals surface area (Å²) in [6, 6.07) is 2.66. The second-order valence-corrected chi connectivity index (χ2v) is 6.20. The minimum absolute atomic E-state index is 0.149. The number of ether oxygens (including phenoxy) is 1. The third-order valence-electron chi connectivity index (χ3n) is 3.08. The molecule has 0 radical (unpaired) electrons. The second-order valence-electron chi connectivity index (χ2n) is 4.94. The van der Waals surface area contributed by atoms with Gasteiger partial charge in [-0.1, -0.05) is 18.5 Å². The van der Waals surface area contributed by atoms with Gasteiger partial charge >= 0.3 is 12.0 Å². The maximum atomic E-state index is 12.2. The van der Waals surface area contributed by atoms with Crippen LogP contribution in [0.15, 0.2) is 22.3 Å². The molecule has 2 rings (SSSR count). The van der Waals surface area contributed by atoms with Gasteiger partial charge in [-0.15, -0.1) is 0 Å². The molecular formula is C15H14BrClN2O5. The van der Waals surface area contributed by atoms with Gasteiger partial charge in [-0.3, -0.25) is 9.69 Å². The van der Waals surface area contributed by atoms with Gasteiger partial charge in [-0.05, 0) is 46.1 Å². The lowest BCUT2D eigenvalue weighted by molar-refractivity contribution is -0.139. The summed E-state index contributed by atoms with van der Waals surface area (Å²) in [6.45, 7) is 1.68. The van der Waals surface area contributed by atoms with E-state index in [2.05, 4.69) is 21.2 Å². The smallest absolute Gasteiger partial charge is 0.341 e. The maximum Gasteiger partial charge on any atom is 0.341 e. The van der Waals surface area contributed by atoms with Crippen molar-refractivity contribution in [2.75, 3.05) is 13.2 Å². The van der Waals surface area contributed by atoms with Gasteiger partial charge in [0, 0.05) is 6.54 Å². The molecule has 1 aromatic carbocycles. The molecule has 1 aromatic rings. The lowest BCUT2D eigenvalue weighted by Crippen LogP contribution is -2.31. The van der Waals surface area contributed by atoms with Crippen molar-refractivity contribution >= 4 is 51.5 Å². The third kappa shape index (κ3) is 4.07. The molecule has 0 unspecified atom stereocenters. The van der Waals surface area contributed by atoms with Crippen LogP contribution in [0, 0.1) is 0 Å². The topological polar surface area (TPSA) is 95.9 Å². The van der Waals surface area contributed by atoms with Crippen LogP contribution in [-0.4, -0.2) is 41.1 Å². The summed E-state index contributed by atoms with van der Waals surface area (Å²) >= 11 is 9.33. The Morgan fingerprint density at radius 3 is 2.75 bits per heavy atom. The highest BCUT2D eigenvalue weighted by molar-refractivity contribution is 9.10. The van der Waals surface area contributed by atoms with Crippen LogP contribution in [0.1, 0.15) is 18.9 Å². The Morgan fingerprint density at radius 1 is 1.46 bits per heavy atom. The Kier molecular flexibility index (Phi) is 5.84. The normalized spacial score (nSPS) is 15.8. The Hall–Kier alpha value is -2.06. The van der Waals surface area contributed by atoms with Crippen LogP contribution in [0.25, 0.3) is 6.08 Å². The molecular weight excluding hydrogens is 404 g/mol. The molecule has 0 bridgehead atoms. The average Bonchev–Trinajstić information content (AvgIpc) is 2.74. The number of nitrogens with zero attached hydrogens (tertiary/aromatic N) is 1. The van der Waals surface area contributed by atoms with E-state index < -0.39 is 24.5 Å². The van der Waals surface area contributed by atoms with Gasteiger partial charge in [-0.25, -0.2) is 9.59 Å².